The van der Waals surface area contributed by atoms with Crippen molar-refractivity contribution in [2.24, 2.45) is 46.3 Å². The molecule has 3 aromatic rings. The van der Waals surface area contributed by atoms with Crippen molar-refractivity contribution in [1.82, 2.24) is 5.32 Å². The van der Waals surface area contributed by atoms with Gasteiger partial charge in [0.05, 0.1) is 37.5 Å². The first-order valence-corrected chi connectivity index (χ1v) is 26.1. The van der Waals surface area contributed by atoms with E-state index >= 15 is 0 Å². The summed E-state index contributed by atoms with van der Waals surface area (Å²) in [7, 11) is -3.98. The fourth-order valence-corrected chi connectivity index (χ4v) is 14.0. The lowest BCUT2D eigenvalue weighted by atomic mass is 9.44. The van der Waals surface area contributed by atoms with Gasteiger partial charge >= 0.3 is 25.5 Å². The van der Waals surface area contributed by atoms with Gasteiger partial charge in [0.25, 0.3) is 0 Å². The number of hydrogen-bond donors (Lipinski definition) is 3. The molecule has 4 aliphatic carbocycles. The molecule has 13 nitrogen and oxygen atoms in total. The van der Waals surface area contributed by atoms with E-state index in [1.807, 2.05) is 78.9 Å². The lowest BCUT2D eigenvalue weighted by Gasteiger charge is -2.62. The van der Waals surface area contributed by atoms with Crippen molar-refractivity contribution in [2.45, 2.75) is 129 Å². The molecular formula is C53H70NO12P. The summed E-state index contributed by atoms with van der Waals surface area (Å²) in [4.78, 5) is 51.8. The Labute approximate surface area is 395 Å². The molecular weight excluding hydrogens is 874 g/mol. The van der Waals surface area contributed by atoms with Crippen LogP contribution in [0.25, 0.3) is 0 Å². The van der Waals surface area contributed by atoms with Crippen LogP contribution >= 0.6 is 7.60 Å². The Hall–Kier alpha value is -4.39. The van der Waals surface area contributed by atoms with E-state index in [0.717, 1.165) is 68.1 Å². The van der Waals surface area contributed by atoms with Crippen molar-refractivity contribution >= 4 is 31.4 Å². The molecule has 10 atom stereocenters. The van der Waals surface area contributed by atoms with E-state index in [4.69, 9.17) is 23.3 Å². The molecule has 0 aromatic heterocycles. The van der Waals surface area contributed by atoms with Crippen molar-refractivity contribution in [3.8, 4) is 0 Å². The zero-order valence-electron chi connectivity index (χ0n) is 39.1. The van der Waals surface area contributed by atoms with Crippen LogP contribution in [-0.4, -0.2) is 65.7 Å². The number of ether oxygens (including phenoxy) is 3. The zero-order valence-corrected chi connectivity index (χ0v) is 40.0. The SMILES string of the molecule is C[C@@]12C(CCCC(=O)NCC(=O)OCOC(=O)CCC(CP(=O)(OCc3ccccc3)OCc3ccccc3)C(=O)OCc3ccccc3)CCC1C1CC[C@@H]3C[C@H](O)CC[C@]3(C)C1C[C@@H]2O. The van der Waals surface area contributed by atoms with E-state index in [9.17, 15) is 34.0 Å². The maximum absolute atomic E-state index is 14.4. The monoisotopic (exact) mass is 943 g/mol. The number of hydrogen-bond acceptors (Lipinski definition) is 12. The third-order valence-corrected chi connectivity index (χ3v) is 17.9. The number of carbonyl (C=O) groups is 4. The van der Waals surface area contributed by atoms with Crippen LogP contribution in [-0.2, 0) is 66.8 Å². The molecule has 3 N–H and O–H groups in total. The van der Waals surface area contributed by atoms with Gasteiger partial charge in [-0.1, -0.05) is 105 Å². The van der Waals surface area contributed by atoms with Gasteiger partial charge in [0, 0.05) is 12.8 Å². The van der Waals surface area contributed by atoms with Crippen LogP contribution in [0, 0.1) is 46.3 Å². The van der Waals surface area contributed by atoms with Crippen LogP contribution in [0.3, 0.4) is 0 Å². The second-order valence-electron chi connectivity index (χ2n) is 19.9. The molecule has 3 aromatic carbocycles. The highest BCUT2D eigenvalue weighted by Gasteiger charge is 2.63. The summed E-state index contributed by atoms with van der Waals surface area (Å²) in [6, 6.07) is 27.4. The highest BCUT2D eigenvalue weighted by Crippen LogP contribution is 2.68. The second kappa shape index (κ2) is 23.3. The number of fused-ring (bicyclic) bond motifs is 5. The summed E-state index contributed by atoms with van der Waals surface area (Å²) < 4.78 is 42.1. The highest BCUT2D eigenvalue weighted by molar-refractivity contribution is 7.53. The molecule has 1 amide bonds. The molecule has 0 radical (unpaired) electrons. The van der Waals surface area contributed by atoms with Crippen molar-refractivity contribution in [2.75, 3.05) is 19.5 Å². The Morgan fingerprint density at radius 3 is 1.97 bits per heavy atom. The Balaban J connectivity index is 0.845. The van der Waals surface area contributed by atoms with Crippen LogP contribution in [0.5, 0.6) is 0 Å². The number of amides is 1. The number of esters is 3. The maximum atomic E-state index is 14.4. The van der Waals surface area contributed by atoms with E-state index in [1.165, 1.54) is 6.42 Å². The van der Waals surface area contributed by atoms with Gasteiger partial charge in [0.2, 0.25) is 12.7 Å². The normalized spacial score (nSPS) is 28.2. The molecule has 0 spiro atoms. The number of rotatable bonds is 22. The summed E-state index contributed by atoms with van der Waals surface area (Å²) in [5.74, 6) is -1.20. The summed E-state index contributed by atoms with van der Waals surface area (Å²) in [6.07, 6.45) is 8.42. The van der Waals surface area contributed by atoms with Crippen molar-refractivity contribution in [3.05, 3.63) is 108 Å². The van der Waals surface area contributed by atoms with Crippen LogP contribution < -0.4 is 5.32 Å². The number of aliphatic hydroxyl groups is 2. The van der Waals surface area contributed by atoms with Gasteiger partial charge in [-0.15, -0.1) is 0 Å². The molecule has 0 saturated heterocycles. The minimum atomic E-state index is -3.98. The number of nitrogens with one attached hydrogen (secondary N) is 1. The Morgan fingerprint density at radius 2 is 1.33 bits per heavy atom. The lowest BCUT2D eigenvalue weighted by Crippen LogP contribution is -2.58. The van der Waals surface area contributed by atoms with Crippen LogP contribution in [0.2, 0.25) is 0 Å². The van der Waals surface area contributed by atoms with Gasteiger partial charge in [0.1, 0.15) is 13.2 Å². The number of aliphatic hydroxyl groups excluding tert-OH is 2. The summed E-state index contributed by atoms with van der Waals surface area (Å²) >= 11 is 0. The first kappa shape index (κ1) is 50.5. The topological polar surface area (TPSA) is 184 Å². The van der Waals surface area contributed by atoms with Gasteiger partial charge in [-0.25, -0.2) is 0 Å². The quantitative estimate of drug-likeness (QED) is 0.0494. The molecule has 4 fully saturated rings. The van der Waals surface area contributed by atoms with Gasteiger partial charge in [0.15, 0.2) is 0 Å². The standard InChI is InChI=1S/C53H70NO12P/c1-52-28-27-43(55)29-42(52)22-24-44-45-25-23-41(53(45,2)47(56)30-46(44)52)19-12-20-48(57)54-31-50(59)64-36-63-49(58)26-21-40(51(60)62-32-37-13-6-3-7-14-37)35-67(61,65-33-38-15-8-4-9-16-38)66-34-39-17-10-5-11-18-39/h3-11,13-18,40-47,55-56H,12,19-36H2,1-2H3,(H,54,57)/t40?,41?,42-,43-,44?,45?,46?,47+,52+,53-/m1/s1. The molecule has 67 heavy (non-hydrogen) atoms. The average molecular weight is 944 g/mol. The minimum absolute atomic E-state index is 0.0348. The fraction of sp³-hybridized carbons (Fsp3) is 0.585. The van der Waals surface area contributed by atoms with Crippen molar-refractivity contribution < 1.29 is 57.2 Å². The number of carbonyl (C=O) groups excluding carboxylic acids is 4. The Kier molecular flexibility index (Phi) is 17.5. The second-order valence-corrected chi connectivity index (χ2v) is 22.0. The molecule has 14 heteroatoms. The molecule has 4 saturated carbocycles. The largest absolute Gasteiger partial charge is 0.461 e. The minimum Gasteiger partial charge on any atom is -0.461 e. The van der Waals surface area contributed by atoms with Gasteiger partial charge in [-0.3, -0.25) is 23.7 Å². The van der Waals surface area contributed by atoms with E-state index in [1.54, 1.807) is 12.1 Å². The van der Waals surface area contributed by atoms with E-state index in [2.05, 4.69) is 19.2 Å². The Bertz CT molecular complexity index is 2090. The van der Waals surface area contributed by atoms with Gasteiger partial charge in [-0.2, -0.15) is 0 Å². The predicted molar refractivity (Wildman–Crippen MR) is 250 cm³/mol. The number of benzene rings is 3. The summed E-state index contributed by atoms with van der Waals surface area (Å²) in [6.45, 7) is 3.51. The lowest BCUT2D eigenvalue weighted by molar-refractivity contribution is -0.171. The molecule has 5 unspecified atom stereocenters. The average Bonchev–Trinajstić information content (AvgIpc) is 3.68. The third kappa shape index (κ3) is 13.0. The smallest absolute Gasteiger partial charge is 0.332 e. The summed E-state index contributed by atoms with van der Waals surface area (Å²) in [5.41, 5.74) is 2.26. The van der Waals surface area contributed by atoms with Gasteiger partial charge in [-0.05, 0) is 128 Å². The summed E-state index contributed by atoms with van der Waals surface area (Å²) in [5, 5.41) is 24.8. The first-order chi connectivity index (χ1) is 32.3. The first-order valence-electron chi connectivity index (χ1n) is 24.4. The third-order valence-electron chi connectivity index (χ3n) is 16.0. The predicted octanol–water partition coefficient (Wildman–Crippen LogP) is 9.07. The van der Waals surface area contributed by atoms with E-state index < -0.39 is 44.8 Å². The zero-order chi connectivity index (χ0) is 47.4. The molecule has 0 bridgehead atoms. The van der Waals surface area contributed by atoms with Crippen molar-refractivity contribution in [1.29, 1.82) is 0 Å². The van der Waals surface area contributed by atoms with E-state index in [-0.39, 0.29) is 74.2 Å². The van der Waals surface area contributed by atoms with Crippen LogP contribution in [0.15, 0.2) is 91.0 Å². The molecule has 7 rings (SSSR count). The van der Waals surface area contributed by atoms with Crippen LogP contribution in [0.1, 0.15) is 114 Å². The Morgan fingerprint density at radius 1 is 0.716 bits per heavy atom. The molecule has 4 aliphatic rings. The van der Waals surface area contributed by atoms with Crippen molar-refractivity contribution in [3.63, 3.8) is 0 Å². The van der Waals surface area contributed by atoms with Crippen LogP contribution in [0.4, 0.5) is 0 Å². The van der Waals surface area contributed by atoms with E-state index in [0.29, 0.717) is 36.0 Å². The fourth-order valence-electron chi connectivity index (χ4n) is 12.2. The highest BCUT2D eigenvalue weighted by atomic mass is 31.2. The molecule has 0 heterocycles. The molecule has 364 valence electrons. The maximum Gasteiger partial charge on any atom is 0.332 e. The van der Waals surface area contributed by atoms with Gasteiger partial charge < -0.3 is 38.8 Å². The molecule has 0 aliphatic heterocycles.